The topological polar surface area (TPSA) is 38.8 Å². The van der Waals surface area contributed by atoms with E-state index in [9.17, 15) is 4.79 Å². The Morgan fingerprint density at radius 3 is 2.72 bits per heavy atom. The lowest BCUT2D eigenvalue weighted by molar-refractivity contribution is -0.116. The Labute approximate surface area is 114 Å². The van der Waals surface area contributed by atoms with Crippen molar-refractivity contribution >= 4 is 27.5 Å². The van der Waals surface area contributed by atoms with Gasteiger partial charge in [0.25, 0.3) is 0 Å². The molecule has 2 aliphatic rings. The van der Waals surface area contributed by atoms with Crippen molar-refractivity contribution in [1.82, 2.24) is 0 Å². The van der Waals surface area contributed by atoms with E-state index >= 15 is 0 Å². The molecule has 1 aromatic carbocycles. The van der Waals surface area contributed by atoms with Crippen LogP contribution in [-0.4, -0.2) is 30.5 Å². The van der Waals surface area contributed by atoms with Crippen LogP contribution in [0.2, 0.25) is 0 Å². The number of carbonyl (C=O) groups excluding carboxylic acids is 1. The van der Waals surface area contributed by atoms with E-state index in [0.717, 1.165) is 36.6 Å². The second-order valence-electron chi connectivity index (χ2n) is 4.43. The zero-order chi connectivity index (χ0) is 12.5. The zero-order valence-electron chi connectivity index (χ0n) is 9.89. The average molecular weight is 312 g/mol. The molecule has 4 nitrogen and oxygen atoms in total. The van der Waals surface area contributed by atoms with Crippen molar-refractivity contribution in [2.75, 3.05) is 24.7 Å². The van der Waals surface area contributed by atoms with E-state index in [2.05, 4.69) is 15.9 Å². The Bertz CT molecular complexity index is 477. The molecular formula is C13H14BrNO3. The summed E-state index contributed by atoms with van der Waals surface area (Å²) in [7, 11) is 0. The zero-order valence-corrected chi connectivity index (χ0v) is 11.5. The fraction of sp³-hybridized carbons (Fsp3) is 0.462. The molecule has 96 valence electrons. The van der Waals surface area contributed by atoms with Crippen molar-refractivity contribution in [2.24, 2.45) is 0 Å². The maximum atomic E-state index is 11.9. The lowest BCUT2D eigenvalue weighted by Crippen LogP contribution is -2.26. The number of carbonyl (C=O) groups is 1. The summed E-state index contributed by atoms with van der Waals surface area (Å²) in [6, 6.07) is 5.69. The van der Waals surface area contributed by atoms with E-state index in [0.29, 0.717) is 13.2 Å². The summed E-state index contributed by atoms with van der Waals surface area (Å²) in [4.78, 5) is 13.7. The Morgan fingerprint density at radius 2 is 2.00 bits per heavy atom. The molecule has 1 fully saturated rings. The van der Waals surface area contributed by atoms with Gasteiger partial charge in [-0.3, -0.25) is 4.79 Å². The van der Waals surface area contributed by atoms with Crippen LogP contribution in [0, 0.1) is 0 Å². The molecule has 2 heterocycles. The molecule has 0 radical (unpaired) electrons. The number of amides is 1. The summed E-state index contributed by atoms with van der Waals surface area (Å²) in [5.41, 5.74) is 0.881. The van der Waals surface area contributed by atoms with Gasteiger partial charge in [-0.2, -0.15) is 0 Å². The lowest BCUT2D eigenvalue weighted by atomic mass is 10.2. The van der Waals surface area contributed by atoms with Crippen molar-refractivity contribution in [3.05, 3.63) is 18.2 Å². The molecule has 5 heteroatoms. The fourth-order valence-electron chi connectivity index (χ4n) is 2.22. The van der Waals surface area contributed by atoms with Gasteiger partial charge in [0.1, 0.15) is 0 Å². The van der Waals surface area contributed by atoms with Gasteiger partial charge in [0.2, 0.25) is 5.91 Å². The molecule has 0 spiro atoms. The first-order valence-electron chi connectivity index (χ1n) is 6.11. The Kier molecular flexibility index (Phi) is 3.16. The van der Waals surface area contributed by atoms with Gasteiger partial charge in [-0.05, 0) is 18.6 Å². The number of ether oxygens (including phenoxy) is 2. The maximum absolute atomic E-state index is 11.9. The molecule has 1 unspecified atom stereocenters. The number of hydrogen-bond donors (Lipinski definition) is 0. The number of anilines is 1. The Balaban J connectivity index is 1.90. The van der Waals surface area contributed by atoms with Crippen molar-refractivity contribution in [2.45, 2.75) is 17.7 Å². The third-order valence-corrected chi connectivity index (χ3v) is 4.03. The monoisotopic (exact) mass is 311 g/mol. The van der Waals surface area contributed by atoms with Gasteiger partial charge in [0.05, 0.1) is 18.0 Å². The number of rotatable bonds is 1. The van der Waals surface area contributed by atoms with Crippen LogP contribution in [-0.2, 0) is 4.79 Å². The normalized spacial score (nSPS) is 23.1. The van der Waals surface area contributed by atoms with Crippen molar-refractivity contribution in [3.63, 3.8) is 0 Å². The molecule has 0 bridgehead atoms. The molecule has 0 saturated carbocycles. The van der Waals surface area contributed by atoms with Crippen LogP contribution in [0.1, 0.15) is 12.8 Å². The van der Waals surface area contributed by atoms with Crippen LogP contribution in [0.3, 0.4) is 0 Å². The Morgan fingerprint density at radius 1 is 1.22 bits per heavy atom. The summed E-state index contributed by atoms with van der Waals surface area (Å²) in [5.74, 6) is 1.61. The predicted molar refractivity (Wildman–Crippen MR) is 71.7 cm³/mol. The van der Waals surface area contributed by atoms with Gasteiger partial charge in [-0.15, -0.1) is 0 Å². The number of benzene rings is 1. The minimum atomic E-state index is -0.0616. The molecule has 0 N–H and O–H groups in total. The van der Waals surface area contributed by atoms with E-state index < -0.39 is 0 Å². The largest absolute Gasteiger partial charge is 0.490 e. The maximum Gasteiger partial charge on any atom is 0.240 e. The predicted octanol–water partition coefficient (Wildman–Crippen LogP) is 2.35. The standard InChI is InChI=1S/C13H14BrNO3/c14-10-4-5-15(13(10)16)9-2-3-11-12(8-9)18-7-1-6-17-11/h2-3,8,10H,1,4-7H2. The molecule has 2 aliphatic heterocycles. The smallest absolute Gasteiger partial charge is 0.240 e. The van der Waals surface area contributed by atoms with Crippen LogP contribution in [0.4, 0.5) is 5.69 Å². The fourth-order valence-corrected chi connectivity index (χ4v) is 2.67. The lowest BCUT2D eigenvalue weighted by Gasteiger charge is -2.17. The quantitative estimate of drug-likeness (QED) is 0.747. The molecule has 0 aromatic heterocycles. The first kappa shape index (κ1) is 11.8. The first-order valence-corrected chi connectivity index (χ1v) is 7.02. The minimum Gasteiger partial charge on any atom is -0.490 e. The Hall–Kier alpha value is -1.23. The number of hydrogen-bond acceptors (Lipinski definition) is 3. The molecule has 18 heavy (non-hydrogen) atoms. The van der Waals surface area contributed by atoms with Crippen LogP contribution in [0.25, 0.3) is 0 Å². The van der Waals surface area contributed by atoms with E-state index in [1.165, 1.54) is 0 Å². The van der Waals surface area contributed by atoms with Gasteiger partial charge < -0.3 is 14.4 Å². The van der Waals surface area contributed by atoms with Gasteiger partial charge in [0.15, 0.2) is 11.5 Å². The highest BCUT2D eigenvalue weighted by molar-refractivity contribution is 9.10. The molecule has 0 aliphatic carbocycles. The van der Waals surface area contributed by atoms with Crippen LogP contribution in [0.5, 0.6) is 11.5 Å². The summed E-state index contributed by atoms with van der Waals surface area (Å²) < 4.78 is 11.2. The summed E-state index contributed by atoms with van der Waals surface area (Å²) >= 11 is 3.38. The van der Waals surface area contributed by atoms with Gasteiger partial charge in [-0.1, -0.05) is 15.9 Å². The second-order valence-corrected chi connectivity index (χ2v) is 5.53. The molecule has 1 atom stereocenters. The molecular weight excluding hydrogens is 298 g/mol. The highest BCUT2D eigenvalue weighted by atomic mass is 79.9. The van der Waals surface area contributed by atoms with E-state index in [1.807, 2.05) is 18.2 Å². The number of halogens is 1. The van der Waals surface area contributed by atoms with E-state index in [4.69, 9.17) is 9.47 Å². The average Bonchev–Trinajstić information content (AvgIpc) is 2.61. The van der Waals surface area contributed by atoms with E-state index in [1.54, 1.807) is 4.90 Å². The molecule has 3 rings (SSSR count). The number of fused-ring (bicyclic) bond motifs is 1. The highest BCUT2D eigenvalue weighted by Gasteiger charge is 2.30. The SMILES string of the molecule is O=C1C(Br)CCN1c1ccc2c(c1)OCCCO2. The molecule has 1 saturated heterocycles. The summed E-state index contributed by atoms with van der Waals surface area (Å²) in [5, 5.41) is 0. The van der Waals surface area contributed by atoms with Crippen molar-refractivity contribution < 1.29 is 14.3 Å². The van der Waals surface area contributed by atoms with Crippen LogP contribution >= 0.6 is 15.9 Å². The molecule has 1 aromatic rings. The summed E-state index contributed by atoms with van der Waals surface area (Å²) in [6.07, 6.45) is 1.73. The van der Waals surface area contributed by atoms with Gasteiger partial charge >= 0.3 is 0 Å². The second kappa shape index (κ2) is 4.80. The highest BCUT2D eigenvalue weighted by Crippen LogP contribution is 2.35. The van der Waals surface area contributed by atoms with Gasteiger partial charge in [0, 0.05) is 24.7 Å². The minimum absolute atomic E-state index is 0.0616. The van der Waals surface area contributed by atoms with Crippen molar-refractivity contribution in [1.29, 1.82) is 0 Å². The van der Waals surface area contributed by atoms with Gasteiger partial charge in [-0.25, -0.2) is 0 Å². The third kappa shape index (κ3) is 2.07. The number of alkyl halides is 1. The first-order chi connectivity index (χ1) is 8.75. The summed E-state index contributed by atoms with van der Waals surface area (Å²) in [6.45, 7) is 2.08. The van der Waals surface area contributed by atoms with Crippen LogP contribution < -0.4 is 14.4 Å². The van der Waals surface area contributed by atoms with Crippen molar-refractivity contribution in [3.8, 4) is 11.5 Å². The van der Waals surface area contributed by atoms with Crippen LogP contribution in [0.15, 0.2) is 18.2 Å². The molecule has 1 amide bonds. The number of nitrogens with zero attached hydrogens (tertiary/aromatic N) is 1. The third-order valence-electron chi connectivity index (χ3n) is 3.18. The van der Waals surface area contributed by atoms with E-state index in [-0.39, 0.29) is 10.7 Å².